The van der Waals surface area contributed by atoms with E-state index in [2.05, 4.69) is 21.2 Å². The van der Waals surface area contributed by atoms with Gasteiger partial charge >= 0.3 is 0 Å². The van der Waals surface area contributed by atoms with Crippen LogP contribution in [0.2, 0.25) is 5.02 Å². The molecular formula is C15H15BrClF2NS. The highest BCUT2D eigenvalue weighted by Crippen LogP contribution is 2.37. The van der Waals surface area contributed by atoms with Crippen LogP contribution in [-0.4, -0.2) is 6.54 Å². The Labute approximate surface area is 140 Å². The highest BCUT2D eigenvalue weighted by molar-refractivity contribution is 9.11. The quantitative estimate of drug-likeness (QED) is 0.628. The molecule has 1 atom stereocenters. The van der Waals surface area contributed by atoms with Crippen molar-refractivity contribution in [1.29, 1.82) is 0 Å². The molecule has 1 nitrogen and oxygen atoms in total. The Morgan fingerprint density at radius 3 is 2.52 bits per heavy atom. The number of benzene rings is 1. The maximum Gasteiger partial charge on any atom is 0.160 e. The number of hydrogen-bond acceptors (Lipinski definition) is 2. The fourth-order valence-corrected chi connectivity index (χ4v) is 3.96. The second kappa shape index (κ2) is 7.18. The lowest BCUT2D eigenvalue weighted by Gasteiger charge is -2.19. The van der Waals surface area contributed by atoms with E-state index < -0.39 is 11.6 Å². The van der Waals surface area contributed by atoms with Crippen molar-refractivity contribution in [2.75, 3.05) is 6.54 Å². The van der Waals surface area contributed by atoms with Crippen molar-refractivity contribution in [1.82, 2.24) is 5.32 Å². The van der Waals surface area contributed by atoms with Gasteiger partial charge < -0.3 is 5.32 Å². The molecule has 0 aliphatic carbocycles. The zero-order valence-electron chi connectivity index (χ0n) is 11.6. The molecule has 1 heterocycles. The van der Waals surface area contributed by atoms with Gasteiger partial charge in [0, 0.05) is 9.90 Å². The molecule has 0 radical (unpaired) electrons. The van der Waals surface area contributed by atoms with E-state index in [1.54, 1.807) is 11.3 Å². The molecular weight excluding hydrogens is 380 g/mol. The maximum absolute atomic E-state index is 13.6. The predicted octanol–water partition coefficient (Wildman–Crippen LogP) is 5.84. The Bertz CT molecular complexity index is 625. The molecule has 0 fully saturated rings. The topological polar surface area (TPSA) is 12.0 Å². The number of rotatable bonds is 5. The van der Waals surface area contributed by atoms with Gasteiger partial charge in [-0.05, 0) is 65.1 Å². The highest BCUT2D eigenvalue weighted by Gasteiger charge is 2.21. The van der Waals surface area contributed by atoms with Crippen LogP contribution in [0.5, 0.6) is 0 Å². The van der Waals surface area contributed by atoms with Crippen LogP contribution in [0, 0.1) is 18.6 Å². The first-order valence-electron chi connectivity index (χ1n) is 6.57. The second-order valence-corrected chi connectivity index (χ2v) is 7.59. The van der Waals surface area contributed by atoms with Crippen LogP contribution in [0.25, 0.3) is 0 Å². The van der Waals surface area contributed by atoms with E-state index in [9.17, 15) is 8.78 Å². The summed E-state index contributed by atoms with van der Waals surface area (Å²) in [5.41, 5.74) is 1.66. The summed E-state index contributed by atoms with van der Waals surface area (Å²) in [6, 6.07) is 3.98. The summed E-state index contributed by atoms with van der Waals surface area (Å²) in [5, 5.41) is 3.57. The second-order valence-electron chi connectivity index (χ2n) is 4.78. The van der Waals surface area contributed by atoms with Gasteiger partial charge in [0.1, 0.15) is 0 Å². The fourth-order valence-electron chi connectivity index (χ4n) is 2.04. The number of thiophene rings is 1. The molecule has 21 heavy (non-hydrogen) atoms. The molecule has 1 unspecified atom stereocenters. The average Bonchev–Trinajstić information content (AvgIpc) is 2.75. The lowest BCUT2D eigenvalue weighted by atomic mass is 10.0. The molecule has 0 saturated carbocycles. The van der Waals surface area contributed by atoms with Crippen molar-refractivity contribution < 1.29 is 8.78 Å². The predicted molar refractivity (Wildman–Crippen MR) is 88.3 cm³/mol. The molecule has 6 heteroatoms. The molecule has 0 aliphatic rings. The third-order valence-corrected chi connectivity index (χ3v) is 5.64. The van der Waals surface area contributed by atoms with E-state index in [1.165, 1.54) is 6.07 Å². The molecule has 1 aromatic heterocycles. The van der Waals surface area contributed by atoms with Crippen molar-refractivity contribution >= 4 is 38.9 Å². The number of aryl methyl sites for hydroxylation is 1. The van der Waals surface area contributed by atoms with Gasteiger partial charge in [0.2, 0.25) is 0 Å². The molecule has 0 spiro atoms. The van der Waals surface area contributed by atoms with Crippen LogP contribution >= 0.6 is 38.9 Å². The summed E-state index contributed by atoms with van der Waals surface area (Å²) in [6.07, 6.45) is 0.934. The summed E-state index contributed by atoms with van der Waals surface area (Å²) in [6.45, 7) is 4.80. The Morgan fingerprint density at radius 2 is 1.95 bits per heavy atom. The van der Waals surface area contributed by atoms with Crippen molar-refractivity contribution in [2.24, 2.45) is 0 Å². The van der Waals surface area contributed by atoms with Crippen LogP contribution in [0.1, 0.15) is 35.4 Å². The van der Waals surface area contributed by atoms with Gasteiger partial charge in [-0.1, -0.05) is 18.5 Å². The molecule has 1 N–H and O–H groups in total. The van der Waals surface area contributed by atoms with Crippen molar-refractivity contribution in [3.05, 3.63) is 54.6 Å². The molecule has 0 amide bonds. The van der Waals surface area contributed by atoms with Crippen molar-refractivity contribution in [3.63, 3.8) is 0 Å². The first-order valence-corrected chi connectivity index (χ1v) is 8.56. The first kappa shape index (κ1) is 16.9. The summed E-state index contributed by atoms with van der Waals surface area (Å²) in [5.74, 6) is -1.81. The van der Waals surface area contributed by atoms with Crippen LogP contribution in [0.3, 0.4) is 0 Å². The summed E-state index contributed by atoms with van der Waals surface area (Å²) in [4.78, 5) is 1.01. The molecule has 2 aromatic rings. The smallest absolute Gasteiger partial charge is 0.160 e. The third-order valence-electron chi connectivity index (χ3n) is 3.11. The lowest BCUT2D eigenvalue weighted by Crippen LogP contribution is -2.23. The fraction of sp³-hybridized carbons (Fsp3) is 0.333. The minimum atomic E-state index is -0.929. The van der Waals surface area contributed by atoms with Gasteiger partial charge in [0.05, 0.1) is 9.83 Å². The maximum atomic E-state index is 13.6. The zero-order chi connectivity index (χ0) is 15.6. The summed E-state index contributed by atoms with van der Waals surface area (Å²) >= 11 is 11.2. The summed E-state index contributed by atoms with van der Waals surface area (Å²) in [7, 11) is 0. The number of nitrogens with one attached hydrogen (secondary N) is 1. The standard InChI is InChI=1S/C15H15BrClF2NS/c1-3-4-20-14(13-5-8(2)15(16)21-13)9-6-11(18)12(19)7-10(9)17/h5-7,14,20H,3-4H2,1-2H3. The molecule has 0 bridgehead atoms. The van der Waals surface area contributed by atoms with Gasteiger partial charge in [0.25, 0.3) is 0 Å². The van der Waals surface area contributed by atoms with Gasteiger partial charge in [-0.3, -0.25) is 0 Å². The molecule has 0 saturated heterocycles. The van der Waals surface area contributed by atoms with Gasteiger partial charge in [0.15, 0.2) is 11.6 Å². The minimum absolute atomic E-state index is 0.227. The van der Waals surface area contributed by atoms with Crippen molar-refractivity contribution in [3.8, 4) is 0 Å². The van der Waals surface area contributed by atoms with Crippen LogP contribution in [0.15, 0.2) is 22.0 Å². The van der Waals surface area contributed by atoms with E-state index in [1.807, 2.05) is 19.9 Å². The van der Waals surface area contributed by atoms with Crippen molar-refractivity contribution in [2.45, 2.75) is 26.3 Å². The van der Waals surface area contributed by atoms with Crippen LogP contribution in [-0.2, 0) is 0 Å². The molecule has 0 aliphatic heterocycles. The average molecular weight is 395 g/mol. The largest absolute Gasteiger partial charge is 0.306 e. The van der Waals surface area contributed by atoms with E-state index in [4.69, 9.17) is 11.6 Å². The lowest BCUT2D eigenvalue weighted by molar-refractivity contribution is 0.503. The van der Waals surface area contributed by atoms with E-state index in [0.29, 0.717) is 5.56 Å². The molecule has 2 rings (SSSR count). The Hall–Kier alpha value is -0.490. The molecule has 1 aromatic carbocycles. The van der Waals surface area contributed by atoms with E-state index in [0.717, 1.165) is 33.3 Å². The Morgan fingerprint density at radius 1 is 1.29 bits per heavy atom. The van der Waals surface area contributed by atoms with Crippen LogP contribution in [0.4, 0.5) is 8.78 Å². The highest BCUT2D eigenvalue weighted by atomic mass is 79.9. The van der Waals surface area contributed by atoms with E-state index in [-0.39, 0.29) is 11.1 Å². The first-order chi connectivity index (χ1) is 9.93. The number of hydrogen-bond donors (Lipinski definition) is 1. The minimum Gasteiger partial charge on any atom is -0.306 e. The van der Waals surface area contributed by atoms with Crippen LogP contribution < -0.4 is 5.32 Å². The van der Waals surface area contributed by atoms with Gasteiger partial charge in [-0.2, -0.15) is 0 Å². The monoisotopic (exact) mass is 393 g/mol. The Kier molecular flexibility index (Phi) is 5.77. The Balaban J connectivity index is 2.47. The summed E-state index contributed by atoms with van der Waals surface area (Å²) < 4.78 is 27.9. The third kappa shape index (κ3) is 3.83. The normalized spacial score (nSPS) is 12.7. The van der Waals surface area contributed by atoms with Gasteiger partial charge in [-0.15, -0.1) is 11.3 Å². The van der Waals surface area contributed by atoms with Gasteiger partial charge in [-0.25, -0.2) is 8.78 Å². The zero-order valence-corrected chi connectivity index (χ0v) is 14.8. The van der Waals surface area contributed by atoms with E-state index >= 15 is 0 Å². The number of halogens is 4. The molecule has 114 valence electrons. The SMILES string of the molecule is CCCNC(c1cc(C)c(Br)s1)c1cc(F)c(F)cc1Cl.